The van der Waals surface area contributed by atoms with E-state index >= 15 is 4.79 Å². The van der Waals surface area contributed by atoms with E-state index in [2.05, 4.69) is 92.4 Å². The molecule has 8 rings (SSSR count). The lowest BCUT2D eigenvalue weighted by Gasteiger charge is -2.42. The molecule has 0 aromatic heterocycles. The Morgan fingerprint density at radius 2 is 0.850 bits per heavy atom. The smallest absolute Gasteiger partial charge is 0.173 e. The number of rotatable bonds is 18. The first-order chi connectivity index (χ1) is 29.5. The van der Waals surface area contributed by atoms with Crippen molar-refractivity contribution in [2.75, 3.05) is 78.8 Å². The van der Waals surface area contributed by atoms with Crippen molar-refractivity contribution < 1.29 is 23.7 Å². The second-order valence-electron chi connectivity index (χ2n) is 15.8. The summed E-state index contributed by atoms with van der Waals surface area (Å²) in [7, 11) is 0. The maximum Gasteiger partial charge on any atom is 0.173 e. The van der Waals surface area contributed by atoms with Crippen molar-refractivity contribution in [2.24, 2.45) is 0 Å². The van der Waals surface area contributed by atoms with Crippen LogP contribution in [0.2, 0.25) is 0 Å². The van der Waals surface area contributed by atoms with Crippen LogP contribution in [0.4, 0.5) is 0 Å². The molecule has 0 amide bonds. The third-order valence-electron chi connectivity index (χ3n) is 11.9. The molecule has 2 aliphatic heterocycles. The third kappa shape index (κ3) is 10.3. The molecular weight excluding hydrogens is 749 g/mol. The number of carbonyl (C=O) groups is 1. The molecule has 0 aliphatic carbocycles. The summed E-state index contributed by atoms with van der Waals surface area (Å²) in [4.78, 5) is 25.0. The molecule has 2 fully saturated rings. The van der Waals surface area contributed by atoms with Crippen molar-refractivity contribution in [2.45, 2.75) is 39.0 Å². The van der Waals surface area contributed by atoms with Gasteiger partial charge < -0.3 is 18.9 Å². The topological polar surface area (TPSA) is 67.0 Å². The van der Waals surface area contributed by atoms with Gasteiger partial charge in [0.2, 0.25) is 0 Å². The monoisotopic (exact) mass is 806 g/mol. The van der Waals surface area contributed by atoms with Gasteiger partial charge in [0.05, 0.1) is 13.2 Å². The first kappa shape index (κ1) is 41.3. The van der Waals surface area contributed by atoms with Crippen LogP contribution in [0.25, 0.3) is 21.5 Å². The predicted molar refractivity (Wildman–Crippen MR) is 240 cm³/mol. The highest BCUT2D eigenvalue weighted by atomic mass is 16.5. The Hall–Kier alpha value is -5.45. The summed E-state index contributed by atoms with van der Waals surface area (Å²) in [5.41, 5.74) is 2.37. The summed E-state index contributed by atoms with van der Waals surface area (Å²) in [5.74, 6) is 3.55. The molecule has 0 spiro atoms. The maximum absolute atomic E-state index is 15.4. The molecule has 60 heavy (non-hydrogen) atoms. The van der Waals surface area contributed by atoms with Gasteiger partial charge >= 0.3 is 0 Å². The Morgan fingerprint density at radius 3 is 1.27 bits per heavy atom. The largest absolute Gasteiger partial charge is 0.494 e. The molecule has 0 saturated carbocycles. The van der Waals surface area contributed by atoms with Crippen LogP contribution in [0.5, 0.6) is 23.0 Å². The van der Waals surface area contributed by atoms with E-state index in [1.54, 1.807) is 0 Å². The third-order valence-corrected chi connectivity index (χ3v) is 11.9. The fraction of sp³-hybridized carbons (Fsp3) is 0.353. The summed E-state index contributed by atoms with van der Waals surface area (Å²) >= 11 is 0. The Kier molecular flexibility index (Phi) is 13.9. The normalized spacial score (nSPS) is 16.7. The second-order valence-corrected chi connectivity index (χ2v) is 15.8. The zero-order chi connectivity index (χ0) is 41.1. The number of benzene rings is 6. The molecular formula is C51H58N4O5. The van der Waals surface area contributed by atoms with Crippen LogP contribution < -0.4 is 18.9 Å². The maximum atomic E-state index is 15.4. The molecule has 9 heteroatoms. The first-order valence-electron chi connectivity index (χ1n) is 21.7. The van der Waals surface area contributed by atoms with Gasteiger partial charge in [-0.3, -0.25) is 24.4 Å². The highest BCUT2D eigenvalue weighted by Crippen LogP contribution is 2.27. The van der Waals surface area contributed by atoms with Crippen LogP contribution in [0, 0.1) is 0 Å². The zero-order valence-corrected chi connectivity index (χ0v) is 35.1. The van der Waals surface area contributed by atoms with Crippen molar-refractivity contribution in [1.29, 1.82) is 0 Å². The number of ketones is 1. The van der Waals surface area contributed by atoms with Gasteiger partial charge in [-0.2, -0.15) is 0 Å². The molecule has 0 N–H and O–H groups in total. The molecule has 2 aliphatic rings. The summed E-state index contributed by atoms with van der Waals surface area (Å²) in [6.07, 6.45) is 0. The lowest BCUT2D eigenvalue weighted by atomic mass is 10.0. The van der Waals surface area contributed by atoms with Crippen LogP contribution >= 0.6 is 0 Å². The number of hydrogen-bond donors (Lipinski definition) is 0. The number of piperazine rings is 2. The zero-order valence-electron chi connectivity index (χ0n) is 35.1. The molecule has 9 nitrogen and oxygen atoms in total. The fourth-order valence-corrected chi connectivity index (χ4v) is 8.63. The molecule has 6 aromatic carbocycles. The van der Waals surface area contributed by atoms with Gasteiger partial charge in [0.25, 0.3) is 0 Å². The highest BCUT2D eigenvalue weighted by Gasteiger charge is 2.38. The van der Waals surface area contributed by atoms with Crippen molar-refractivity contribution in [3.8, 4) is 23.0 Å². The van der Waals surface area contributed by atoms with Crippen molar-refractivity contribution in [3.63, 3.8) is 0 Å². The molecule has 2 heterocycles. The lowest BCUT2D eigenvalue weighted by Crippen LogP contribution is -2.61. The highest BCUT2D eigenvalue weighted by molar-refractivity contribution is 5.90. The summed E-state index contributed by atoms with van der Waals surface area (Å²) in [6.45, 7) is 13.8. The van der Waals surface area contributed by atoms with Crippen molar-refractivity contribution >= 4 is 27.3 Å². The summed E-state index contributed by atoms with van der Waals surface area (Å²) in [5, 5.41) is 4.54. The molecule has 312 valence electrons. The van der Waals surface area contributed by atoms with Crippen LogP contribution in [-0.4, -0.2) is 116 Å². The molecule has 2 saturated heterocycles. The average molecular weight is 807 g/mol. The van der Waals surface area contributed by atoms with E-state index in [9.17, 15) is 0 Å². The molecule has 2 unspecified atom stereocenters. The molecule has 6 aromatic rings. The van der Waals surface area contributed by atoms with Gasteiger partial charge in [-0.15, -0.1) is 0 Å². The number of nitrogens with zero attached hydrogens (tertiary/aromatic N) is 4. The van der Waals surface area contributed by atoms with Crippen LogP contribution in [0.1, 0.15) is 25.0 Å². The van der Waals surface area contributed by atoms with E-state index in [1.807, 2.05) is 74.5 Å². The number of carbonyl (C=O) groups excluding carboxylic acids is 1. The Balaban J connectivity index is 1.03. The Morgan fingerprint density at radius 1 is 0.467 bits per heavy atom. The number of hydrogen-bond acceptors (Lipinski definition) is 9. The van der Waals surface area contributed by atoms with E-state index in [1.165, 1.54) is 11.1 Å². The van der Waals surface area contributed by atoms with E-state index in [0.717, 1.165) is 110 Å². The van der Waals surface area contributed by atoms with Gasteiger partial charge in [0.1, 0.15) is 48.3 Å². The van der Waals surface area contributed by atoms with Crippen LogP contribution in [-0.2, 0) is 17.9 Å². The molecule has 2 atom stereocenters. The number of fused-ring (bicyclic) bond motifs is 2. The number of para-hydroxylation sites is 2. The summed E-state index contributed by atoms with van der Waals surface area (Å²) < 4.78 is 25.1. The van der Waals surface area contributed by atoms with Crippen molar-refractivity contribution in [1.82, 2.24) is 19.6 Å². The standard InChI is InChI=1S/C51H58N4O5/c1-3-57-49-19-11-9-17-43(49)35-52-25-29-54(30-26-52)47(37-59-45-23-21-39-13-5-7-15-41(39)33-45)51(56)48(38-60-46-24-22-40-14-6-8-16-42(40)34-46)55-31-27-53(28-32-55)36-44-18-10-12-20-50(44)58-4-2/h5-24,33-34,47-48H,3-4,25-32,35-38H2,1-2H3. The Labute approximate surface area is 355 Å². The Bertz CT molecular complexity index is 2160. The second kappa shape index (κ2) is 20.2. The fourth-order valence-electron chi connectivity index (χ4n) is 8.63. The minimum Gasteiger partial charge on any atom is -0.494 e. The predicted octanol–water partition coefficient (Wildman–Crippen LogP) is 8.19. The summed E-state index contributed by atoms with van der Waals surface area (Å²) in [6, 6.07) is 44.6. The number of Topliss-reactive ketones (excluding diaryl/α,β-unsaturated/α-hetero) is 1. The first-order valence-corrected chi connectivity index (χ1v) is 21.7. The van der Waals surface area contributed by atoms with Crippen LogP contribution in [0.15, 0.2) is 133 Å². The van der Waals surface area contributed by atoms with E-state index < -0.39 is 12.1 Å². The SMILES string of the molecule is CCOc1ccccc1CN1CCN(C(COc2ccc3ccccc3c2)C(=O)C(COc2ccc3ccccc3c2)N2CCN(Cc3ccccc3OCC)CC2)CC1. The molecule has 0 radical (unpaired) electrons. The van der Waals surface area contributed by atoms with Gasteiger partial charge in [-0.05, 0) is 71.8 Å². The van der Waals surface area contributed by atoms with E-state index in [0.29, 0.717) is 13.2 Å². The number of ether oxygens (including phenoxy) is 4. The van der Waals surface area contributed by atoms with E-state index in [-0.39, 0.29) is 19.0 Å². The molecule has 0 bridgehead atoms. The minimum absolute atomic E-state index is 0.141. The van der Waals surface area contributed by atoms with Crippen molar-refractivity contribution in [3.05, 3.63) is 145 Å². The van der Waals surface area contributed by atoms with Gasteiger partial charge in [0.15, 0.2) is 5.78 Å². The van der Waals surface area contributed by atoms with E-state index in [4.69, 9.17) is 18.9 Å². The van der Waals surface area contributed by atoms with Crippen LogP contribution in [0.3, 0.4) is 0 Å². The average Bonchev–Trinajstić information content (AvgIpc) is 3.29. The van der Waals surface area contributed by atoms with Gasteiger partial charge in [0, 0.05) is 76.6 Å². The van der Waals surface area contributed by atoms with Gasteiger partial charge in [-0.25, -0.2) is 0 Å². The minimum atomic E-state index is -0.462. The lowest BCUT2D eigenvalue weighted by molar-refractivity contribution is -0.133. The quantitative estimate of drug-likeness (QED) is 0.0856. The van der Waals surface area contributed by atoms with Gasteiger partial charge in [-0.1, -0.05) is 97.1 Å².